The average Bonchev–Trinajstić information content (AvgIpc) is 3.51. The average molecular weight is 613 g/mol. The van der Waals surface area contributed by atoms with E-state index >= 15 is 0 Å². The highest BCUT2D eigenvalue weighted by molar-refractivity contribution is 6.23. The molecule has 0 radical (unpaired) electrons. The molecule has 2 aliphatic rings. The molecule has 1 fully saturated rings. The molecule has 0 bridgehead atoms. The Labute approximate surface area is 261 Å². The molecule has 1 saturated heterocycles. The lowest BCUT2D eigenvalue weighted by Gasteiger charge is -2.33. The van der Waals surface area contributed by atoms with Gasteiger partial charge in [-0.05, 0) is 75.1 Å². The van der Waals surface area contributed by atoms with Crippen molar-refractivity contribution in [2.24, 2.45) is 0 Å². The summed E-state index contributed by atoms with van der Waals surface area (Å²) in [5.41, 5.74) is 4.11. The first-order chi connectivity index (χ1) is 21.4. The summed E-state index contributed by atoms with van der Waals surface area (Å²) in [5, 5.41) is 13.9. The van der Waals surface area contributed by atoms with Crippen molar-refractivity contribution in [3.8, 4) is 17.1 Å². The van der Waals surface area contributed by atoms with Gasteiger partial charge in [-0.3, -0.25) is 19.3 Å². The molecule has 2 aromatic carbocycles. The number of aliphatic hydroxyl groups is 1. The van der Waals surface area contributed by atoms with Crippen molar-refractivity contribution in [2.45, 2.75) is 58.1 Å². The van der Waals surface area contributed by atoms with E-state index < -0.39 is 6.10 Å². The minimum absolute atomic E-state index is 0.0600. The number of aromatic nitrogens is 3. The lowest BCUT2D eigenvalue weighted by Crippen LogP contribution is -2.46. The van der Waals surface area contributed by atoms with E-state index in [0.717, 1.165) is 42.8 Å². The molecule has 0 unspecified atom stereocenters. The Morgan fingerprint density at radius 3 is 2.49 bits per heavy atom. The number of fused-ring (bicyclic) bond motifs is 2. The van der Waals surface area contributed by atoms with Gasteiger partial charge in [0, 0.05) is 18.8 Å². The molecular formula is C34H40N6O5. The number of pyridine rings is 1. The summed E-state index contributed by atoms with van der Waals surface area (Å²) in [5.74, 6) is 0.418. The van der Waals surface area contributed by atoms with E-state index in [0.29, 0.717) is 27.8 Å². The van der Waals surface area contributed by atoms with Crippen LogP contribution in [0.15, 0.2) is 47.4 Å². The van der Waals surface area contributed by atoms with E-state index in [-0.39, 0.29) is 53.4 Å². The van der Waals surface area contributed by atoms with E-state index in [9.17, 15) is 19.5 Å². The number of aliphatic hydroxyl groups excluding tert-OH is 1. The fraction of sp³-hybridized carbons (Fsp3) is 0.412. The number of imidazole rings is 1. The molecule has 4 aromatic rings. The van der Waals surface area contributed by atoms with Crippen LogP contribution < -0.4 is 15.6 Å². The van der Waals surface area contributed by atoms with Gasteiger partial charge in [-0.1, -0.05) is 38.5 Å². The molecule has 2 amide bonds. The monoisotopic (exact) mass is 612 g/mol. The predicted molar refractivity (Wildman–Crippen MR) is 173 cm³/mol. The quantitative estimate of drug-likeness (QED) is 0.218. The molecule has 0 spiro atoms. The second kappa shape index (κ2) is 11.8. The summed E-state index contributed by atoms with van der Waals surface area (Å²) in [6.45, 7) is 10.2. The van der Waals surface area contributed by atoms with Crippen LogP contribution in [0.2, 0.25) is 0 Å². The number of aromatic amines is 2. The number of rotatable bonds is 8. The minimum atomic E-state index is -0.866. The molecule has 11 nitrogen and oxygen atoms in total. The minimum Gasteiger partial charge on any atom is -0.491 e. The number of H-pyrrole nitrogens is 2. The van der Waals surface area contributed by atoms with E-state index in [1.165, 1.54) is 11.1 Å². The number of amides is 2. The fourth-order valence-corrected chi connectivity index (χ4v) is 6.16. The first kappa shape index (κ1) is 30.5. The maximum Gasteiger partial charge on any atom is 0.261 e. The SMILES string of the molecule is Cc1ccc(OC[C@H](O)CNc2cc[nH]c(=O)c2-c2nc3cc4c(cc3[nH]2)C(=O)N(C2CCN(C)CC2)C4=O)c(C(C)(C)C)c1. The van der Waals surface area contributed by atoms with Gasteiger partial charge in [-0.15, -0.1) is 0 Å². The molecule has 2 aromatic heterocycles. The molecule has 6 rings (SSSR count). The number of hydrogen-bond acceptors (Lipinski definition) is 8. The summed E-state index contributed by atoms with van der Waals surface area (Å²) in [6.07, 6.45) is 2.15. The standard InChI is InChI=1S/C34H40N6O5/c1-19-6-7-28(24(14-19)34(2,3)4)45-18-21(41)17-36-25-8-11-35-31(42)29(25)30-37-26-15-22-23(16-27(26)38-30)33(44)40(32(22)43)20-9-12-39(5)13-10-20/h6-8,11,14-16,20-21,41H,9-10,12-13,17-18H2,1-5H3,(H,37,38)(H2,35,36,42)/t21-/m1/s1. The van der Waals surface area contributed by atoms with E-state index in [1.54, 1.807) is 18.2 Å². The van der Waals surface area contributed by atoms with Gasteiger partial charge in [-0.25, -0.2) is 4.98 Å². The normalized spacial score (nSPS) is 16.8. The summed E-state index contributed by atoms with van der Waals surface area (Å²) in [4.78, 5) is 53.8. The maximum atomic E-state index is 13.4. The lowest BCUT2D eigenvalue weighted by molar-refractivity contribution is 0.0516. The summed E-state index contributed by atoms with van der Waals surface area (Å²) < 4.78 is 6.02. The number of ether oxygens (including phenoxy) is 1. The maximum absolute atomic E-state index is 13.4. The summed E-state index contributed by atoms with van der Waals surface area (Å²) in [6, 6.07) is 10.9. The van der Waals surface area contributed by atoms with Crippen LogP contribution in [0.3, 0.4) is 0 Å². The van der Waals surface area contributed by atoms with Crippen LogP contribution in [0.4, 0.5) is 5.69 Å². The number of aryl methyl sites for hydroxylation is 1. The number of carbonyl (C=O) groups is 2. The van der Waals surface area contributed by atoms with Crippen molar-refractivity contribution in [3.05, 3.63) is 75.2 Å². The molecular weight excluding hydrogens is 572 g/mol. The van der Waals surface area contributed by atoms with Gasteiger partial charge in [0.05, 0.1) is 27.8 Å². The van der Waals surface area contributed by atoms with Gasteiger partial charge in [0.2, 0.25) is 0 Å². The Hall–Kier alpha value is -4.48. The molecule has 0 saturated carbocycles. The zero-order valence-electron chi connectivity index (χ0n) is 26.4. The Kier molecular flexibility index (Phi) is 8.00. The van der Waals surface area contributed by atoms with Gasteiger partial charge in [-0.2, -0.15) is 0 Å². The number of carbonyl (C=O) groups excluding carboxylic acids is 2. The highest BCUT2D eigenvalue weighted by atomic mass is 16.5. The molecule has 236 valence electrons. The highest BCUT2D eigenvalue weighted by Gasteiger charge is 2.41. The zero-order valence-corrected chi connectivity index (χ0v) is 26.4. The summed E-state index contributed by atoms with van der Waals surface area (Å²) in [7, 11) is 2.04. The number of imide groups is 1. The zero-order chi connectivity index (χ0) is 32.0. The van der Waals surface area contributed by atoms with Crippen molar-refractivity contribution in [2.75, 3.05) is 38.6 Å². The molecule has 2 aliphatic heterocycles. The number of likely N-dealkylation sites (tertiary alicyclic amines) is 1. The van der Waals surface area contributed by atoms with E-state index in [1.807, 2.05) is 26.1 Å². The number of nitrogens with one attached hydrogen (secondary N) is 3. The molecule has 45 heavy (non-hydrogen) atoms. The van der Waals surface area contributed by atoms with Crippen molar-refractivity contribution < 1.29 is 19.4 Å². The van der Waals surface area contributed by atoms with E-state index in [2.05, 4.69) is 52.0 Å². The third-order valence-corrected chi connectivity index (χ3v) is 8.67. The van der Waals surface area contributed by atoms with Crippen LogP contribution >= 0.6 is 0 Å². The first-order valence-electron chi connectivity index (χ1n) is 15.4. The Bertz CT molecular complexity index is 1780. The van der Waals surface area contributed by atoms with Crippen LogP contribution in [-0.2, 0) is 5.41 Å². The van der Waals surface area contributed by atoms with Crippen LogP contribution in [0.25, 0.3) is 22.4 Å². The van der Waals surface area contributed by atoms with Gasteiger partial charge in [0.1, 0.15) is 29.8 Å². The smallest absolute Gasteiger partial charge is 0.261 e. The predicted octanol–water partition coefficient (Wildman–Crippen LogP) is 4.07. The van der Waals surface area contributed by atoms with Gasteiger partial charge in [0.25, 0.3) is 17.4 Å². The third kappa shape index (κ3) is 5.97. The summed E-state index contributed by atoms with van der Waals surface area (Å²) >= 11 is 0. The molecule has 11 heteroatoms. The molecule has 0 aliphatic carbocycles. The topological polar surface area (TPSA) is 144 Å². The fourth-order valence-electron chi connectivity index (χ4n) is 6.16. The van der Waals surface area contributed by atoms with Crippen molar-refractivity contribution in [1.29, 1.82) is 0 Å². The van der Waals surface area contributed by atoms with E-state index in [4.69, 9.17) is 4.74 Å². The molecule has 4 N–H and O–H groups in total. The van der Waals surface area contributed by atoms with Crippen LogP contribution in [0.1, 0.15) is 65.5 Å². The van der Waals surface area contributed by atoms with Crippen molar-refractivity contribution in [1.82, 2.24) is 24.8 Å². The van der Waals surface area contributed by atoms with Crippen LogP contribution in [0, 0.1) is 6.92 Å². The molecule has 1 atom stereocenters. The van der Waals surface area contributed by atoms with Gasteiger partial charge >= 0.3 is 0 Å². The Balaban J connectivity index is 1.19. The number of piperidine rings is 1. The Morgan fingerprint density at radius 1 is 1.07 bits per heavy atom. The number of nitrogens with zero attached hydrogens (tertiary/aromatic N) is 3. The Morgan fingerprint density at radius 2 is 1.78 bits per heavy atom. The van der Waals surface area contributed by atoms with Crippen LogP contribution in [0.5, 0.6) is 5.75 Å². The largest absolute Gasteiger partial charge is 0.491 e. The first-order valence-corrected chi connectivity index (χ1v) is 15.4. The van der Waals surface area contributed by atoms with Gasteiger partial charge < -0.3 is 30.0 Å². The highest BCUT2D eigenvalue weighted by Crippen LogP contribution is 2.34. The van der Waals surface area contributed by atoms with Crippen molar-refractivity contribution >= 4 is 28.5 Å². The van der Waals surface area contributed by atoms with Gasteiger partial charge in [0.15, 0.2) is 0 Å². The second-order valence-corrected chi connectivity index (χ2v) is 13.2. The number of anilines is 1. The number of hydrogen-bond donors (Lipinski definition) is 4. The second-order valence-electron chi connectivity index (χ2n) is 13.2. The third-order valence-electron chi connectivity index (χ3n) is 8.67. The van der Waals surface area contributed by atoms with Crippen molar-refractivity contribution in [3.63, 3.8) is 0 Å². The molecule has 4 heterocycles. The van der Waals surface area contributed by atoms with Crippen LogP contribution in [-0.4, -0.2) is 87.1 Å². The lowest BCUT2D eigenvalue weighted by atomic mass is 9.85. The number of benzene rings is 2.